The second-order valence-corrected chi connectivity index (χ2v) is 5.75. The van der Waals surface area contributed by atoms with E-state index in [1.165, 1.54) is 13.8 Å². The predicted molar refractivity (Wildman–Crippen MR) is 85.8 cm³/mol. The fraction of sp³-hybridized carbons (Fsp3) is 0.167. The van der Waals surface area contributed by atoms with Gasteiger partial charge in [0.1, 0.15) is 11.5 Å². The summed E-state index contributed by atoms with van der Waals surface area (Å²) in [4.78, 5) is 12.1. The van der Waals surface area contributed by atoms with Crippen LogP contribution in [-0.2, 0) is 4.79 Å². The summed E-state index contributed by atoms with van der Waals surface area (Å²) in [6.45, 7) is 2.98. The Balaban J connectivity index is 2.31. The molecule has 1 N–H and O–H groups in total. The molecule has 0 aliphatic carbocycles. The number of fused-ring (bicyclic) bond motifs is 2. The van der Waals surface area contributed by atoms with Gasteiger partial charge in [-0.1, -0.05) is 29.8 Å². The highest BCUT2D eigenvalue weighted by atomic mass is 35.5. The summed E-state index contributed by atoms with van der Waals surface area (Å²) in [7, 11) is 0. The quantitative estimate of drug-likeness (QED) is 0.627. The zero-order valence-electron chi connectivity index (χ0n) is 12.3. The number of aliphatic hydroxyl groups excluding tert-OH is 1. The smallest absolute Gasteiger partial charge is 0.160 e. The van der Waals surface area contributed by atoms with E-state index in [1.54, 1.807) is 18.2 Å². The normalized spacial score (nSPS) is 17.0. The molecule has 4 heteroatoms. The van der Waals surface area contributed by atoms with Crippen molar-refractivity contribution in [1.82, 2.24) is 0 Å². The van der Waals surface area contributed by atoms with Crippen molar-refractivity contribution in [3.8, 4) is 11.5 Å². The summed E-state index contributed by atoms with van der Waals surface area (Å²) < 4.78 is 5.90. The molecule has 1 atom stereocenters. The standard InChI is InChI=1S/C18H15ClO3/c1-10(20)17(11(2)21)18-13-5-3-4-6-15(13)22-16-8-7-12(19)9-14(16)18/h3-9,18,20H,1-2H3/b17-10-/t18-/m0/s1. The molecule has 3 rings (SSSR count). The first kappa shape index (κ1) is 14.7. The van der Waals surface area contributed by atoms with Crippen LogP contribution in [-0.4, -0.2) is 10.9 Å². The number of carbonyl (C=O) groups excluding carboxylic acids is 1. The Morgan fingerprint density at radius 3 is 2.45 bits per heavy atom. The average molecular weight is 315 g/mol. The maximum Gasteiger partial charge on any atom is 0.160 e. The first-order valence-electron chi connectivity index (χ1n) is 6.96. The molecule has 1 heterocycles. The lowest BCUT2D eigenvalue weighted by molar-refractivity contribution is -0.114. The summed E-state index contributed by atoms with van der Waals surface area (Å²) in [5, 5.41) is 10.6. The highest BCUT2D eigenvalue weighted by molar-refractivity contribution is 6.30. The van der Waals surface area contributed by atoms with Gasteiger partial charge in [0.05, 0.1) is 5.76 Å². The molecule has 0 spiro atoms. The molecular weight excluding hydrogens is 300 g/mol. The maximum absolute atomic E-state index is 12.1. The van der Waals surface area contributed by atoms with Gasteiger partial charge < -0.3 is 9.84 Å². The van der Waals surface area contributed by atoms with Gasteiger partial charge in [0, 0.05) is 27.6 Å². The van der Waals surface area contributed by atoms with E-state index in [4.69, 9.17) is 16.3 Å². The number of hydrogen-bond acceptors (Lipinski definition) is 3. The molecule has 0 amide bonds. The van der Waals surface area contributed by atoms with Gasteiger partial charge in [0.2, 0.25) is 0 Å². The minimum absolute atomic E-state index is 0.0140. The molecular formula is C18H15ClO3. The predicted octanol–water partition coefficient (Wildman–Crippen LogP) is 5.00. The number of hydrogen-bond donors (Lipinski definition) is 1. The van der Waals surface area contributed by atoms with Crippen molar-refractivity contribution in [3.05, 3.63) is 69.9 Å². The molecule has 0 unspecified atom stereocenters. The molecule has 0 saturated carbocycles. The number of aliphatic hydroxyl groups is 1. The Labute approximate surface area is 133 Å². The van der Waals surface area contributed by atoms with Gasteiger partial charge in [-0.05, 0) is 38.1 Å². The van der Waals surface area contributed by atoms with Crippen LogP contribution in [0.15, 0.2) is 53.8 Å². The number of para-hydroxylation sites is 1. The Kier molecular flexibility index (Phi) is 3.67. The molecule has 1 aliphatic rings. The van der Waals surface area contributed by atoms with Crippen LogP contribution in [0.25, 0.3) is 0 Å². The topological polar surface area (TPSA) is 46.5 Å². The molecule has 0 aromatic heterocycles. The van der Waals surface area contributed by atoms with Gasteiger partial charge in [-0.25, -0.2) is 0 Å². The van der Waals surface area contributed by atoms with Crippen LogP contribution < -0.4 is 4.74 Å². The van der Waals surface area contributed by atoms with Crippen molar-refractivity contribution in [1.29, 1.82) is 0 Å². The average Bonchev–Trinajstić information content (AvgIpc) is 2.46. The second-order valence-electron chi connectivity index (χ2n) is 5.31. The number of allylic oxidation sites excluding steroid dienone is 2. The minimum Gasteiger partial charge on any atom is -0.512 e. The summed E-state index contributed by atoms with van der Waals surface area (Å²) in [6, 6.07) is 12.8. The third-order valence-corrected chi connectivity index (χ3v) is 4.03. The Morgan fingerprint density at radius 2 is 1.77 bits per heavy atom. The third-order valence-electron chi connectivity index (χ3n) is 3.79. The van der Waals surface area contributed by atoms with Crippen LogP contribution in [0.1, 0.15) is 30.9 Å². The van der Waals surface area contributed by atoms with Crippen LogP contribution in [0.2, 0.25) is 5.02 Å². The molecule has 0 saturated heterocycles. The van der Waals surface area contributed by atoms with Crippen molar-refractivity contribution in [2.24, 2.45) is 0 Å². The third kappa shape index (κ3) is 2.38. The van der Waals surface area contributed by atoms with E-state index in [-0.39, 0.29) is 17.5 Å². The van der Waals surface area contributed by atoms with E-state index >= 15 is 0 Å². The number of halogens is 1. The largest absolute Gasteiger partial charge is 0.512 e. The zero-order chi connectivity index (χ0) is 15.9. The molecule has 22 heavy (non-hydrogen) atoms. The van der Waals surface area contributed by atoms with Crippen molar-refractivity contribution in [2.75, 3.05) is 0 Å². The van der Waals surface area contributed by atoms with E-state index in [9.17, 15) is 9.90 Å². The van der Waals surface area contributed by atoms with Crippen molar-refractivity contribution in [2.45, 2.75) is 19.8 Å². The van der Waals surface area contributed by atoms with Gasteiger partial charge in [0.15, 0.2) is 5.78 Å². The fourth-order valence-electron chi connectivity index (χ4n) is 2.91. The van der Waals surface area contributed by atoms with E-state index in [0.29, 0.717) is 22.1 Å². The minimum atomic E-state index is -0.388. The molecule has 0 fully saturated rings. The Hall–Kier alpha value is -2.26. The van der Waals surface area contributed by atoms with Gasteiger partial charge in [0.25, 0.3) is 0 Å². The zero-order valence-corrected chi connectivity index (χ0v) is 13.0. The highest BCUT2D eigenvalue weighted by Gasteiger charge is 2.33. The van der Waals surface area contributed by atoms with Crippen LogP contribution in [0.5, 0.6) is 11.5 Å². The van der Waals surface area contributed by atoms with Gasteiger partial charge in [-0.3, -0.25) is 4.79 Å². The molecule has 2 aromatic rings. The van der Waals surface area contributed by atoms with E-state index < -0.39 is 0 Å². The Bertz CT molecular complexity index is 789. The van der Waals surface area contributed by atoms with Gasteiger partial charge >= 0.3 is 0 Å². The maximum atomic E-state index is 12.1. The van der Waals surface area contributed by atoms with E-state index in [2.05, 4.69) is 0 Å². The van der Waals surface area contributed by atoms with Crippen LogP contribution >= 0.6 is 11.6 Å². The number of ether oxygens (including phenoxy) is 1. The van der Waals surface area contributed by atoms with Crippen molar-refractivity contribution in [3.63, 3.8) is 0 Å². The monoisotopic (exact) mass is 314 g/mol. The van der Waals surface area contributed by atoms with E-state index in [0.717, 1.165) is 11.1 Å². The number of ketones is 1. The van der Waals surface area contributed by atoms with Crippen molar-refractivity contribution < 1.29 is 14.6 Å². The summed E-state index contributed by atoms with van der Waals surface area (Å²) >= 11 is 6.11. The summed E-state index contributed by atoms with van der Waals surface area (Å²) in [6.07, 6.45) is 0. The van der Waals surface area contributed by atoms with E-state index in [1.807, 2.05) is 24.3 Å². The lowest BCUT2D eigenvalue weighted by Crippen LogP contribution is -2.17. The lowest BCUT2D eigenvalue weighted by Gasteiger charge is -2.29. The lowest BCUT2D eigenvalue weighted by atomic mass is 9.80. The molecule has 2 aromatic carbocycles. The second kappa shape index (κ2) is 5.50. The fourth-order valence-corrected chi connectivity index (χ4v) is 3.09. The highest BCUT2D eigenvalue weighted by Crippen LogP contribution is 2.48. The SMILES string of the molecule is CC(=O)/C(=C(\C)O)[C@H]1c2ccccc2Oc2ccc(Cl)cc21. The summed E-state index contributed by atoms with van der Waals surface area (Å²) in [5.74, 6) is 0.782. The Morgan fingerprint density at radius 1 is 1.09 bits per heavy atom. The van der Waals surface area contributed by atoms with Crippen molar-refractivity contribution >= 4 is 17.4 Å². The van der Waals surface area contributed by atoms with Crippen LogP contribution in [0.3, 0.4) is 0 Å². The van der Waals surface area contributed by atoms with Crippen LogP contribution in [0, 0.1) is 0 Å². The number of benzene rings is 2. The number of Topliss-reactive ketones (excluding diaryl/α,β-unsaturated/α-hetero) is 1. The molecule has 0 radical (unpaired) electrons. The molecule has 112 valence electrons. The van der Waals surface area contributed by atoms with Crippen LogP contribution in [0.4, 0.5) is 0 Å². The van der Waals surface area contributed by atoms with Gasteiger partial charge in [-0.2, -0.15) is 0 Å². The molecule has 3 nitrogen and oxygen atoms in total. The summed E-state index contributed by atoms with van der Waals surface area (Å²) in [5.41, 5.74) is 1.99. The molecule has 0 bridgehead atoms. The number of carbonyl (C=O) groups is 1. The first-order valence-corrected chi connectivity index (χ1v) is 7.33. The molecule has 1 aliphatic heterocycles. The first-order chi connectivity index (χ1) is 10.5. The number of rotatable bonds is 2. The van der Waals surface area contributed by atoms with Gasteiger partial charge in [-0.15, -0.1) is 0 Å².